The Bertz CT molecular complexity index is 229. The third-order valence-corrected chi connectivity index (χ3v) is 2.57. The van der Waals surface area contributed by atoms with Crippen molar-refractivity contribution in [1.82, 2.24) is 4.42 Å². The summed E-state index contributed by atoms with van der Waals surface area (Å²) in [5.41, 5.74) is 0. The van der Waals surface area contributed by atoms with E-state index in [4.69, 9.17) is 23.6 Å². The molecule has 0 N–H and O–H groups in total. The number of halogens is 2. The number of hydrogen-bond acceptors (Lipinski definition) is 2. The average Bonchev–Trinajstić information content (AvgIpc) is 2.06. The topological polar surface area (TPSA) is 37.4 Å². The highest BCUT2D eigenvalue weighted by molar-refractivity contribution is 6.33. The molecular formula is C5H7Cl2N2O2+. The van der Waals surface area contributed by atoms with Crippen LogP contribution >= 0.6 is 23.6 Å². The Morgan fingerprint density at radius 2 is 2.00 bits per heavy atom. The van der Waals surface area contributed by atoms with Gasteiger partial charge in [0.05, 0.1) is 7.05 Å². The Morgan fingerprint density at radius 3 is 2.09 bits per heavy atom. The lowest BCUT2D eigenvalue weighted by Gasteiger charge is -2.15. The van der Waals surface area contributed by atoms with Gasteiger partial charge in [-0.2, -0.15) is 0 Å². The monoisotopic (exact) mass is 197 g/mol. The van der Waals surface area contributed by atoms with E-state index in [1.54, 1.807) is 6.92 Å². The van der Waals surface area contributed by atoms with Crippen molar-refractivity contribution in [2.24, 2.45) is 0 Å². The van der Waals surface area contributed by atoms with Crippen LogP contribution in [0, 0.1) is 0 Å². The van der Waals surface area contributed by atoms with Gasteiger partial charge in [0.2, 0.25) is 0 Å². The molecule has 0 bridgehead atoms. The molecule has 1 aliphatic rings. The zero-order valence-corrected chi connectivity index (χ0v) is 7.56. The van der Waals surface area contributed by atoms with E-state index in [0.29, 0.717) is 4.42 Å². The van der Waals surface area contributed by atoms with Gasteiger partial charge in [-0.3, -0.25) is 4.79 Å². The third-order valence-electron chi connectivity index (χ3n) is 1.82. The van der Waals surface area contributed by atoms with Crippen LogP contribution in [0.5, 0.6) is 0 Å². The van der Waals surface area contributed by atoms with E-state index in [1.165, 1.54) is 7.05 Å². The van der Waals surface area contributed by atoms with Crippen LogP contribution in [-0.2, 0) is 4.79 Å². The fraction of sp³-hybridized carbons (Fsp3) is 0.600. The molecule has 6 heteroatoms. The average molecular weight is 198 g/mol. The van der Waals surface area contributed by atoms with Crippen molar-refractivity contribution in [2.75, 3.05) is 7.05 Å². The van der Waals surface area contributed by atoms with Crippen molar-refractivity contribution in [3.8, 4) is 0 Å². The Morgan fingerprint density at radius 1 is 1.55 bits per heavy atom. The molecule has 1 saturated heterocycles. The van der Waals surface area contributed by atoms with Gasteiger partial charge in [0.15, 0.2) is 17.8 Å². The lowest BCUT2D eigenvalue weighted by Crippen LogP contribution is -2.41. The molecule has 1 aliphatic heterocycles. The summed E-state index contributed by atoms with van der Waals surface area (Å²) in [5.74, 6) is -0.464. The number of urea groups is 1. The van der Waals surface area contributed by atoms with Crippen molar-refractivity contribution in [3.05, 3.63) is 0 Å². The van der Waals surface area contributed by atoms with Gasteiger partial charge in [0, 0.05) is 11.8 Å². The van der Waals surface area contributed by atoms with E-state index in [-0.39, 0.29) is 0 Å². The lowest BCUT2D eigenvalue weighted by molar-refractivity contribution is -0.717. The Balaban J connectivity index is 3.06. The molecule has 1 rings (SSSR count). The van der Waals surface area contributed by atoms with E-state index in [0.717, 1.165) is 0 Å². The van der Waals surface area contributed by atoms with Crippen LogP contribution in [0.4, 0.5) is 4.79 Å². The molecule has 2 atom stereocenters. The fourth-order valence-electron chi connectivity index (χ4n) is 0.803. The Hall–Kier alpha value is -0.320. The van der Waals surface area contributed by atoms with Gasteiger partial charge in [0.1, 0.15) is 0 Å². The molecule has 3 amide bonds. The second-order valence-electron chi connectivity index (χ2n) is 2.54. The molecule has 11 heavy (non-hydrogen) atoms. The largest absolute Gasteiger partial charge is 0.459 e. The van der Waals surface area contributed by atoms with Crippen molar-refractivity contribution in [2.45, 2.75) is 13.0 Å². The number of carbonyl (C=O) groups excluding carboxylic acids is 2. The number of nitrogens with zero attached hydrogens (tertiary/aromatic N) is 2. The van der Waals surface area contributed by atoms with Crippen molar-refractivity contribution < 1.29 is 13.6 Å². The zero-order chi connectivity index (χ0) is 8.81. The minimum Gasteiger partial charge on any atom is -0.266 e. The van der Waals surface area contributed by atoms with Crippen LogP contribution < -0.4 is 0 Å². The van der Waals surface area contributed by atoms with Gasteiger partial charge >= 0.3 is 11.9 Å². The summed E-state index contributed by atoms with van der Waals surface area (Å²) in [7, 11) is 1.43. The minimum atomic E-state index is -0.610. The summed E-state index contributed by atoms with van der Waals surface area (Å²) in [4.78, 5) is 22.1. The van der Waals surface area contributed by atoms with E-state index in [9.17, 15) is 9.59 Å². The molecule has 4 nitrogen and oxygen atoms in total. The second kappa shape index (κ2) is 2.33. The number of hydrogen-bond donors (Lipinski definition) is 0. The van der Waals surface area contributed by atoms with Gasteiger partial charge < -0.3 is 0 Å². The summed E-state index contributed by atoms with van der Waals surface area (Å²) >= 11 is 11.0. The van der Waals surface area contributed by atoms with Crippen LogP contribution in [0.15, 0.2) is 0 Å². The molecule has 62 valence electrons. The zero-order valence-electron chi connectivity index (χ0n) is 6.04. The highest BCUT2D eigenvalue weighted by Crippen LogP contribution is 2.28. The quantitative estimate of drug-likeness (QED) is 0.431. The summed E-state index contributed by atoms with van der Waals surface area (Å²) in [6.45, 7) is 1.55. The fourth-order valence-corrected chi connectivity index (χ4v) is 1.30. The number of likely N-dealkylation sites (N-methyl/N-ethyl adjacent to an activating group) is 1. The summed E-state index contributed by atoms with van der Waals surface area (Å²) < 4.78 is 0.000000000000000222. The van der Waals surface area contributed by atoms with Crippen LogP contribution in [0.1, 0.15) is 6.92 Å². The van der Waals surface area contributed by atoms with E-state index in [1.807, 2.05) is 0 Å². The molecule has 0 aliphatic carbocycles. The molecule has 1 fully saturated rings. The maximum atomic E-state index is 11.1. The van der Waals surface area contributed by atoms with E-state index < -0.39 is 22.0 Å². The molecule has 0 aromatic carbocycles. The van der Waals surface area contributed by atoms with Crippen LogP contribution in [0.2, 0.25) is 0 Å². The predicted octanol–water partition coefficient (Wildman–Crippen LogP) is 1.09. The highest BCUT2D eigenvalue weighted by atomic mass is 35.5. The smallest absolute Gasteiger partial charge is 0.266 e. The molecule has 2 unspecified atom stereocenters. The van der Waals surface area contributed by atoms with Gasteiger partial charge in [-0.15, -0.1) is 8.42 Å². The summed E-state index contributed by atoms with van der Waals surface area (Å²) in [6.07, 6.45) is 0. The summed E-state index contributed by atoms with van der Waals surface area (Å²) in [5, 5.41) is 0. The van der Waals surface area contributed by atoms with E-state index >= 15 is 0 Å². The van der Waals surface area contributed by atoms with Gasteiger partial charge in [0.25, 0.3) is 0 Å². The third kappa shape index (κ3) is 1.02. The maximum Gasteiger partial charge on any atom is 0.459 e. The normalized spacial score (nSPS) is 38.5. The van der Waals surface area contributed by atoms with Gasteiger partial charge in [-0.05, 0) is 6.92 Å². The number of rotatable bonds is 0. The first-order valence-corrected chi connectivity index (χ1v) is 3.66. The lowest BCUT2D eigenvalue weighted by atomic mass is 10.3. The first-order valence-electron chi connectivity index (χ1n) is 2.99. The molecule has 0 spiro atoms. The Kier molecular flexibility index (Phi) is 1.86. The van der Waals surface area contributed by atoms with Crippen molar-refractivity contribution in [1.29, 1.82) is 0 Å². The number of quaternary nitrogens is 1. The number of amides is 3. The van der Waals surface area contributed by atoms with Crippen LogP contribution in [-0.4, -0.2) is 33.4 Å². The molecule has 1 heterocycles. The first-order chi connectivity index (χ1) is 4.89. The number of carbonyl (C=O) groups is 2. The first kappa shape index (κ1) is 8.77. The van der Waals surface area contributed by atoms with Gasteiger partial charge in [-0.1, -0.05) is 0 Å². The van der Waals surface area contributed by atoms with E-state index in [2.05, 4.69) is 0 Å². The molecule has 0 radical (unpaired) electrons. The molecule has 0 aromatic rings. The van der Waals surface area contributed by atoms with Crippen LogP contribution in [0.3, 0.4) is 0 Å². The SMILES string of the molecule is CC1C(=O)N(Cl)C(=O)[N+]1(C)Cl. The highest BCUT2D eigenvalue weighted by Gasteiger charge is 2.55. The maximum absolute atomic E-state index is 11.1. The molecule has 0 aromatic heterocycles. The second-order valence-corrected chi connectivity index (χ2v) is 3.58. The van der Waals surface area contributed by atoms with Gasteiger partial charge in [-0.25, -0.2) is 4.79 Å². The molecular weight excluding hydrogens is 191 g/mol. The van der Waals surface area contributed by atoms with Crippen molar-refractivity contribution in [3.63, 3.8) is 0 Å². The van der Waals surface area contributed by atoms with Crippen molar-refractivity contribution >= 4 is 35.5 Å². The standard InChI is InChI=1S/C5H7Cl2N2O2/c1-3-4(10)8(6)5(11)9(3,2)7/h3H,1-2H3/q+1. The minimum absolute atomic E-state index is 0.464. The van der Waals surface area contributed by atoms with Crippen LogP contribution in [0.25, 0.3) is 0 Å². The Labute approximate surface area is 74.1 Å². The predicted molar refractivity (Wildman–Crippen MR) is 39.6 cm³/mol. The molecule has 0 saturated carbocycles. The summed E-state index contributed by atoms with van der Waals surface area (Å²) in [6, 6.07) is -1.22. The number of imide groups is 1.